The Morgan fingerprint density at radius 1 is 1.50 bits per heavy atom. The fourth-order valence-corrected chi connectivity index (χ4v) is 2.10. The largest absolute Gasteiger partial charge is 0.383 e. The molecule has 0 spiro atoms. The molecule has 1 aromatic carbocycles. The molecule has 0 aliphatic rings. The number of amides is 1. The van der Waals surface area contributed by atoms with E-state index in [0.717, 1.165) is 0 Å². The van der Waals surface area contributed by atoms with Gasteiger partial charge in [0.05, 0.1) is 16.7 Å². The van der Waals surface area contributed by atoms with Crippen LogP contribution in [0.4, 0.5) is 0 Å². The summed E-state index contributed by atoms with van der Waals surface area (Å²) in [4.78, 5) is 11.7. The lowest BCUT2D eigenvalue weighted by Crippen LogP contribution is -2.51. The molecular weight excluding hydrogens is 275 g/mol. The lowest BCUT2D eigenvalue weighted by molar-refractivity contribution is -0.124. The number of carbonyl (C=O) groups excluding carboxylic acids is 1. The summed E-state index contributed by atoms with van der Waals surface area (Å²) in [5.74, 6) is -0.525. The van der Waals surface area contributed by atoms with E-state index in [2.05, 4.69) is 5.32 Å². The van der Waals surface area contributed by atoms with Crippen LogP contribution in [-0.4, -0.2) is 26.2 Å². The molecule has 18 heavy (non-hydrogen) atoms. The Hall–Kier alpha value is -0.810. The van der Waals surface area contributed by atoms with E-state index in [1.807, 2.05) is 0 Å². The summed E-state index contributed by atoms with van der Waals surface area (Å²) in [5.41, 5.74) is 4.93. The molecule has 1 unspecified atom stereocenters. The molecule has 100 valence electrons. The Balaban J connectivity index is 3.11. The Bertz CT molecular complexity index is 440. The van der Waals surface area contributed by atoms with Gasteiger partial charge in [-0.2, -0.15) is 0 Å². The van der Waals surface area contributed by atoms with Crippen molar-refractivity contribution in [3.8, 4) is 0 Å². The van der Waals surface area contributed by atoms with E-state index >= 15 is 0 Å². The smallest absolute Gasteiger partial charge is 0.242 e. The molecule has 6 heteroatoms. The van der Waals surface area contributed by atoms with E-state index < -0.39 is 11.4 Å². The Morgan fingerprint density at radius 3 is 2.72 bits per heavy atom. The predicted molar refractivity (Wildman–Crippen MR) is 72.9 cm³/mol. The molecule has 1 atom stereocenters. The third-order valence-electron chi connectivity index (χ3n) is 2.77. The average molecular weight is 291 g/mol. The van der Waals surface area contributed by atoms with Crippen LogP contribution in [0.2, 0.25) is 10.0 Å². The second kappa shape index (κ2) is 6.38. The van der Waals surface area contributed by atoms with Gasteiger partial charge in [-0.05, 0) is 13.0 Å². The van der Waals surface area contributed by atoms with E-state index in [4.69, 9.17) is 33.7 Å². The molecule has 0 radical (unpaired) electrons. The molecule has 1 rings (SSSR count). The first-order valence-corrected chi connectivity index (χ1v) is 6.17. The van der Waals surface area contributed by atoms with E-state index in [1.54, 1.807) is 32.2 Å². The van der Waals surface area contributed by atoms with Crippen LogP contribution < -0.4 is 11.1 Å². The van der Waals surface area contributed by atoms with Gasteiger partial charge in [-0.1, -0.05) is 35.3 Å². The highest BCUT2D eigenvalue weighted by Crippen LogP contribution is 2.33. The summed E-state index contributed by atoms with van der Waals surface area (Å²) in [6, 6.07) is 5.10. The summed E-state index contributed by atoms with van der Waals surface area (Å²) in [6.45, 7) is 2.60. The van der Waals surface area contributed by atoms with E-state index in [0.29, 0.717) is 28.8 Å². The highest BCUT2D eigenvalue weighted by molar-refractivity contribution is 6.42. The Kier molecular flexibility index (Phi) is 5.41. The topological polar surface area (TPSA) is 64.3 Å². The number of rotatable bonds is 6. The molecule has 0 bridgehead atoms. The van der Waals surface area contributed by atoms with Crippen molar-refractivity contribution in [2.24, 2.45) is 5.73 Å². The molecular formula is C12H16Cl2N2O2. The number of ether oxygens (including phenoxy) is 1. The van der Waals surface area contributed by atoms with Crippen molar-refractivity contribution in [1.82, 2.24) is 5.32 Å². The van der Waals surface area contributed by atoms with Gasteiger partial charge in [0.15, 0.2) is 0 Å². The number of primary amides is 1. The van der Waals surface area contributed by atoms with Gasteiger partial charge < -0.3 is 10.5 Å². The second-order valence-electron chi connectivity index (χ2n) is 4.01. The summed E-state index contributed by atoms with van der Waals surface area (Å²) < 4.78 is 4.93. The maximum atomic E-state index is 11.7. The van der Waals surface area contributed by atoms with Crippen molar-refractivity contribution in [3.05, 3.63) is 33.8 Å². The minimum Gasteiger partial charge on any atom is -0.383 e. The highest BCUT2D eigenvalue weighted by atomic mass is 35.5. The summed E-state index contributed by atoms with van der Waals surface area (Å²) in [6.07, 6.45) is 0. The summed E-state index contributed by atoms with van der Waals surface area (Å²) in [5, 5.41) is 3.75. The molecule has 1 amide bonds. The zero-order valence-electron chi connectivity index (χ0n) is 10.3. The normalized spacial score (nSPS) is 14.2. The number of carbonyl (C=O) groups is 1. The molecule has 4 nitrogen and oxygen atoms in total. The number of halogens is 2. The van der Waals surface area contributed by atoms with Gasteiger partial charge in [-0.3, -0.25) is 10.1 Å². The number of benzene rings is 1. The predicted octanol–water partition coefficient (Wildman–Crippen LogP) is 1.93. The minimum atomic E-state index is -1.08. The van der Waals surface area contributed by atoms with Gasteiger partial charge >= 0.3 is 0 Å². The van der Waals surface area contributed by atoms with Gasteiger partial charge in [0.1, 0.15) is 5.54 Å². The zero-order valence-corrected chi connectivity index (χ0v) is 11.8. The monoisotopic (exact) mass is 290 g/mol. The van der Waals surface area contributed by atoms with Gasteiger partial charge in [-0.25, -0.2) is 0 Å². The maximum Gasteiger partial charge on any atom is 0.242 e. The molecule has 0 saturated carbocycles. The van der Waals surface area contributed by atoms with Crippen LogP contribution in [0, 0.1) is 0 Å². The van der Waals surface area contributed by atoms with Crippen molar-refractivity contribution >= 4 is 29.1 Å². The third kappa shape index (κ3) is 3.14. The van der Waals surface area contributed by atoms with Crippen molar-refractivity contribution in [2.45, 2.75) is 12.5 Å². The quantitative estimate of drug-likeness (QED) is 0.787. The van der Waals surface area contributed by atoms with Crippen LogP contribution in [0.5, 0.6) is 0 Å². The van der Waals surface area contributed by atoms with Crippen molar-refractivity contribution in [1.29, 1.82) is 0 Å². The zero-order chi connectivity index (χ0) is 13.8. The van der Waals surface area contributed by atoms with E-state index in [1.165, 1.54) is 0 Å². The molecule has 0 heterocycles. The van der Waals surface area contributed by atoms with Crippen LogP contribution in [0.15, 0.2) is 18.2 Å². The summed E-state index contributed by atoms with van der Waals surface area (Å²) in [7, 11) is 1.58. The number of nitrogens with one attached hydrogen (secondary N) is 1. The van der Waals surface area contributed by atoms with Gasteiger partial charge in [0.25, 0.3) is 0 Å². The molecule has 0 aliphatic heterocycles. The van der Waals surface area contributed by atoms with E-state index in [9.17, 15) is 4.79 Å². The van der Waals surface area contributed by atoms with Crippen molar-refractivity contribution < 1.29 is 9.53 Å². The van der Waals surface area contributed by atoms with Crippen LogP contribution in [0.3, 0.4) is 0 Å². The number of hydrogen-bond acceptors (Lipinski definition) is 3. The van der Waals surface area contributed by atoms with Gasteiger partial charge in [0, 0.05) is 19.2 Å². The highest BCUT2D eigenvalue weighted by Gasteiger charge is 2.34. The Labute approximate surface area is 116 Å². The average Bonchev–Trinajstić information content (AvgIpc) is 2.32. The standard InChI is InChI=1S/C12H16Cl2N2O2/c1-12(11(15)17,16-6-7-18-2)8-4-3-5-9(13)10(8)14/h3-5,16H,6-7H2,1-2H3,(H2,15,17). The Morgan fingerprint density at radius 2 is 2.17 bits per heavy atom. The second-order valence-corrected chi connectivity index (χ2v) is 4.80. The van der Waals surface area contributed by atoms with Gasteiger partial charge in [0.2, 0.25) is 5.91 Å². The van der Waals surface area contributed by atoms with Gasteiger partial charge in [-0.15, -0.1) is 0 Å². The fraction of sp³-hybridized carbons (Fsp3) is 0.417. The summed E-state index contributed by atoms with van der Waals surface area (Å²) >= 11 is 12.1. The fourth-order valence-electron chi connectivity index (χ4n) is 1.61. The molecule has 0 aromatic heterocycles. The molecule has 3 N–H and O–H groups in total. The molecule has 1 aromatic rings. The van der Waals surface area contributed by atoms with Crippen LogP contribution in [0.25, 0.3) is 0 Å². The van der Waals surface area contributed by atoms with Crippen molar-refractivity contribution in [2.75, 3.05) is 20.3 Å². The first-order valence-electron chi connectivity index (χ1n) is 5.42. The maximum absolute atomic E-state index is 11.7. The van der Waals surface area contributed by atoms with Crippen LogP contribution in [0.1, 0.15) is 12.5 Å². The first kappa shape index (κ1) is 15.2. The number of methoxy groups -OCH3 is 1. The molecule has 0 fully saturated rings. The number of hydrogen-bond donors (Lipinski definition) is 2. The van der Waals surface area contributed by atoms with Crippen LogP contribution in [-0.2, 0) is 15.1 Å². The molecule has 0 saturated heterocycles. The van der Waals surface area contributed by atoms with Crippen molar-refractivity contribution in [3.63, 3.8) is 0 Å². The third-order valence-corrected chi connectivity index (χ3v) is 3.59. The molecule has 0 aliphatic carbocycles. The lowest BCUT2D eigenvalue weighted by Gasteiger charge is -2.29. The lowest BCUT2D eigenvalue weighted by atomic mass is 9.91. The minimum absolute atomic E-state index is 0.324. The van der Waals surface area contributed by atoms with E-state index in [-0.39, 0.29) is 0 Å². The first-order chi connectivity index (χ1) is 8.43. The number of nitrogens with two attached hydrogens (primary N) is 1. The SMILES string of the molecule is COCCNC(C)(C(N)=O)c1cccc(Cl)c1Cl. The van der Waals surface area contributed by atoms with Crippen LogP contribution >= 0.6 is 23.2 Å².